The van der Waals surface area contributed by atoms with Crippen LogP contribution in [0.1, 0.15) is 16.7 Å². The molecule has 1 heterocycles. The van der Waals surface area contributed by atoms with Crippen LogP contribution >= 0.6 is 0 Å². The molecule has 0 aliphatic carbocycles. The lowest BCUT2D eigenvalue weighted by Gasteiger charge is -2.46. The molecule has 2 aromatic carbocycles. The second kappa shape index (κ2) is 9.18. The Morgan fingerprint density at radius 1 is 1.19 bits per heavy atom. The van der Waals surface area contributed by atoms with Gasteiger partial charge in [0.05, 0.1) is 0 Å². The van der Waals surface area contributed by atoms with Crippen LogP contribution in [0.25, 0.3) is 0 Å². The molecule has 0 aromatic heterocycles. The average molecular weight is 426 g/mol. The zero-order chi connectivity index (χ0) is 22.6. The van der Waals surface area contributed by atoms with E-state index in [-0.39, 0.29) is 18.9 Å². The molecule has 2 amide bonds. The number of hydrogen-bond donors (Lipinski definition) is 3. The quantitative estimate of drug-likeness (QED) is 0.631. The van der Waals surface area contributed by atoms with Gasteiger partial charge in [0.15, 0.2) is 5.76 Å². The molecule has 164 valence electrons. The molecule has 0 saturated carbocycles. The van der Waals surface area contributed by atoms with E-state index in [1.54, 1.807) is 24.3 Å². The predicted molar refractivity (Wildman–Crippen MR) is 115 cm³/mol. The number of nitrogens with one attached hydrogen (secondary N) is 2. The lowest BCUT2D eigenvalue weighted by atomic mass is 9.90. The number of aryl methyl sites for hydroxylation is 1. The van der Waals surface area contributed by atoms with Gasteiger partial charge < -0.3 is 20.6 Å². The number of benzene rings is 2. The molecular weight excluding hydrogens is 399 g/mol. The van der Waals surface area contributed by atoms with Gasteiger partial charge in [-0.3, -0.25) is 14.5 Å². The van der Waals surface area contributed by atoms with Gasteiger partial charge in [-0.05, 0) is 44.3 Å². The number of nitrogens with zero attached hydrogens (tertiary/aromatic N) is 2. The molecule has 1 aliphatic heterocycles. The molecule has 1 unspecified atom stereocenters. The standard InChI is InChI=1S/C23H27FN4O3/c1-16-6-4-5-7-19(16)23(22(31)25-14-17-8-10-18(24)11-9-17)26-15-20(29)21(30)28(23)13-12-27(2)3/h4-11,15,26,29H,12-14H2,1-3H3,(H,25,31). The molecule has 0 bridgehead atoms. The maximum Gasteiger partial charge on any atom is 0.292 e. The highest BCUT2D eigenvalue weighted by Gasteiger charge is 2.51. The molecule has 3 N–H and O–H groups in total. The van der Waals surface area contributed by atoms with Crippen molar-refractivity contribution in [3.05, 3.63) is 83.0 Å². The maximum atomic E-state index is 13.7. The van der Waals surface area contributed by atoms with Crippen molar-refractivity contribution in [1.82, 2.24) is 20.4 Å². The van der Waals surface area contributed by atoms with Crippen molar-refractivity contribution in [1.29, 1.82) is 0 Å². The molecule has 0 saturated heterocycles. The van der Waals surface area contributed by atoms with Gasteiger partial charge in [0.1, 0.15) is 5.82 Å². The van der Waals surface area contributed by atoms with E-state index < -0.39 is 23.2 Å². The Hall–Kier alpha value is -3.39. The van der Waals surface area contributed by atoms with E-state index in [1.807, 2.05) is 38.1 Å². The van der Waals surface area contributed by atoms with Crippen molar-refractivity contribution < 1.29 is 19.1 Å². The Morgan fingerprint density at radius 3 is 2.52 bits per heavy atom. The molecule has 8 heteroatoms. The summed E-state index contributed by atoms with van der Waals surface area (Å²) in [5.74, 6) is -1.92. The first kappa shape index (κ1) is 22.3. The first-order chi connectivity index (χ1) is 14.8. The summed E-state index contributed by atoms with van der Waals surface area (Å²) < 4.78 is 13.2. The van der Waals surface area contributed by atoms with E-state index in [4.69, 9.17) is 0 Å². The first-order valence-corrected chi connectivity index (χ1v) is 9.98. The van der Waals surface area contributed by atoms with Gasteiger partial charge >= 0.3 is 0 Å². The van der Waals surface area contributed by atoms with Crippen molar-refractivity contribution in [3.63, 3.8) is 0 Å². The third kappa shape index (κ3) is 4.54. The summed E-state index contributed by atoms with van der Waals surface area (Å²) in [7, 11) is 3.73. The van der Waals surface area contributed by atoms with Gasteiger partial charge in [0.2, 0.25) is 5.66 Å². The summed E-state index contributed by atoms with van der Waals surface area (Å²) in [6.07, 6.45) is 1.17. The van der Waals surface area contributed by atoms with Gasteiger partial charge in [-0.1, -0.05) is 36.4 Å². The highest BCUT2D eigenvalue weighted by atomic mass is 19.1. The molecule has 31 heavy (non-hydrogen) atoms. The van der Waals surface area contributed by atoms with E-state index in [2.05, 4.69) is 10.6 Å². The van der Waals surface area contributed by atoms with Crippen molar-refractivity contribution in [2.75, 3.05) is 27.2 Å². The number of likely N-dealkylation sites (N-methyl/N-ethyl adjacent to an activating group) is 1. The Morgan fingerprint density at radius 2 is 1.87 bits per heavy atom. The third-order valence-electron chi connectivity index (χ3n) is 5.29. The first-order valence-electron chi connectivity index (χ1n) is 9.98. The largest absolute Gasteiger partial charge is 0.502 e. The Labute approximate surface area is 181 Å². The minimum Gasteiger partial charge on any atom is -0.502 e. The maximum absolute atomic E-state index is 13.7. The monoisotopic (exact) mass is 426 g/mol. The number of amides is 2. The Kier molecular flexibility index (Phi) is 6.60. The zero-order valence-electron chi connectivity index (χ0n) is 17.9. The fourth-order valence-corrected chi connectivity index (χ4v) is 3.60. The van der Waals surface area contributed by atoms with Gasteiger partial charge in [-0.15, -0.1) is 0 Å². The van der Waals surface area contributed by atoms with Crippen LogP contribution in [0.15, 0.2) is 60.5 Å². The van der Waals surface area contributed by atoms with Crippen molar-refractivity contribution >= 4 is 11.8 Å². The highest BCUT2D eigenvalue weighted by molar-refractivity contribution is 5.99. The number of hydrogen-bond acceptors (Lipinski definition) is 5. The van der Waals surface area contributed by atoms with Crippen LogP contribution in [0.4, 0.5) is 4.39 Å². The van der Waals surface area contributed by atoms with Crippen LogP contribution < -0.4 is 10.6 Å². The molecule has 0 fully saturated rings. The zero-order valence-corrected chi connectivity index (χ0v) is 17.9. The minimum absolute atomic E-state index is 0.153. The average Bonchev–Trinajstić information content (AvgIpc) is 2.74. The SMILES string of the molecule is Cc1ccccc1C1(C(=O)NCc2ccc(F)cc2)NC=C(O)C(=O)N1CCN(C)C. The smallest absolute Gasteiger partial charge is 0.292 e. The van der Waals surface area contributed by atoms with Crippen LogP contribution in [0.3, 0.4) is 0 Å². The van der Waals surface area contributed by atoms with Crippen molar-refractivity contribution in [2.24, 2.45) is 0 Å². The van der Waals surface area contributed by atoms with E-state index in [0.29, 0.717) is 12.1 Å². The van der Waals surface area contributed by atoms with E-state index in [0.717, 1.165) is 11.1 Å². The van der Waals surface area contributed by atoms with Gasteiger partial charge in [0, 0.05) is 31.4 Å². The van der Waals surface area contributed by atoms with Crippen LogP contribution in [0.5, 0.6) is 0 Å². The lowest BCUT2D eigenvalue weighted by Crippen LogP contribution is -2.68. The number of rotatable bonds is 7. The number of carbonyl (C=O) groups is 2. The molecule has 7 nitrogen and oxygen atoms in total. The van der Waals surface area contributed by atoms with Gasteiger partial charge in [0.25, 0.3) is 11.8 Å². The Bertz CT molecular complexity index is 991. The number of halogens is 1. The fourth-order valence-electron chi connectivity index (χ4n) is 3.60. The second-order valence-electron chi connectivity index (χ2n) is 7.77. The van der Waals surface area contributed by atoms with Crippen LogP contribution in [0, 0.1) is 12.7 Å². The molecule has 0 radical (unpaired) electrons. The fraction of sp³-hybridized carbons (Fsp3) is 0.304. The minimum atomic E-state index is -1.55. The molecule has 0 spiro atoms. The van der Waals surface area contributed by atoms with Crippen LogP contribution in [-0.4, -0.2) is 53.9 Å². The van der Waals surface area contributed by atoms with Crippen molar-refractivity contribution in [2.45, 2.75) is 19.1 Å². The normalized spacial score (nSPS) is 18.5. The third-order valence-corrected chi connectivity index (χ3v) is 5.29. The van der Waals surface area contributed by atoms with E-state index >= 15 is 0 Å². The van der Waals surface area contributed by atoms with Gasteiger partial charge in [-0.2, -0.15) is 0 Å². The number of aliphatic hydroxyl groups is 1. The molecule has 3 rings (SSSR count). The molecule has 1 aliphatic rings. The summed E-state index contributed by atoms with van der Waals surface area (Å²) in [6, 6.07) is 13.1. The lowest BCUT2D eigenvalue weighted by molar-refractivity contribution is -0.152. The van der Waals surface area contributed by atoms with E-state index in [9.17, 15) is 19.1 Å². The van der Waals surface area contributed by atoms with Crippen LogP contribution in [0.2, 0.25) is 0 Å². The molecule has 2 aromatic rings. The van der Waals surface area contributed by atoms with Gasteiger partial charge in [-0.25, -0.2) is 4.39 Å². The summed E-state index contributed by atoms with van der Waals surface area (Å²) in [6.45, 7) is 2.70. The number of aliphatic hydroxyl groups excluding tert-OH is 1. The second-order valence-corrected chi connectivity index (χ2v) is 7.77. The Balaban J connectivity index is 2.03. The topological polar surface area (TPSA) is 84.9 Å². The molecular formula is C23H27FN4O3. The van der Waals surface area contributed by atoms with E-state index in [1.165, 1.54) is 23.2 Å². The predicted octanol–water partition coefficient (Wildman–Crippen LogP) is 2.00. The summed E-state index contributed by atoms with van der Waals surface area (Å²) >= 11 is 0. The molecule has 1 atom stereocenters. The highest BCUT2D eigenvalue weighted by Crippen LogP contribution is 2.33. The van der Waals surface area contributed by atoms with Crippen LogP contribution in [-0.2, 0) is 21.8 Å². The summed E-state index contributed by atoms with van der Waals surface area (Å²) in [5.41, 5.74) is 0.576. The number of carbonyl (C=O) groups excluding carboxylic acids is 2. The summed E-state index contributed by atoms with van der Waals surface area (Å²) in [5, 5.41) is 16.0. The summed E-state index contributed by atoms with van der Waals surface area (Å²) in [4.78, 5) is 29.9. The van der Waals surface area contributed by atoms with Crippen molar-refractivity contribution in [3.8, 4) is 0 Å².